The second-order valence-electron chi connectivity index (χ2n) is 8.74. The van der Waals surface area contributed by atoms with Gasteiger partial charge in [-0.3, -0.25) is 24.6 Å². The lowest BCUT2D eigenvalue weighted by atomic mass is 10.0. The summed E-state index contributed by atoms with van der Waals surface area (Å²) in [7, 11) is 0. The number of non-ortho nitro benzene ring substituents is 1. The van der Waals surface area contributed by atoms with Crippen LogP contribution in [-0.4, -0.2) is 33.5 Å². The summed E-state index contributed by atoms with van der Waals surface area (Å²) < 4.78 is 11.1. The molecule has 0 bridgehead atoms. The first-order valence-corrected chi connectivity index (χ1v) is 13.1. The van der Waals surface area contributed by atoms with Crippen LogP contribution in [0.4, 0.5) is 10.5 Å². The quantitative estimate of drug-likeness (QED) is 0.0786. The number of nitro groups is 1. The molecule has 0 spiro atoms. The third kappa shape index (κ3) is 5.57. The fraction of sp³-hybridized carbons (Fsp3) is 0.100. The van der Waals surface area contributed by atoms with Gasteiger partial charge < -0.3 is 9.47 Å². The van der Waals surface area contributed by atoms with Gasteiger partial charge in [-0.2, -0.15) is 0 Å². The minimum atomic E-state index is -0.710. The van der Waals surface area contributed by atoms with Gasteiger partial charge in [-0.25, -0.2) is 4.79 Å². The number of ether oxygens (including phenoxy) is 2. The minimum Gasteiger partial charge on any atom is -0.490 e. The molecule has 0 saturated carbocycles. The fourth-order valence-corrected chi connectivity index (χ4v) is 5.07. The van der Waals surface area contributed by atoms with Crippen LogP contribution in [0.3, 0.4) is 0 Å². The number of benzene rings is 4. The van der Waals surface area contributed by atoms with Crippen molar-refractivity contribution >= 4 is 51.4 Å². The van der Waals surface area contributed by atoms with Gasteiger partial charge in [0.25, 0.3) is 16.8 Å². The Hall–Kier alpha value is -4.96. The molecule has 2 amide bonds. The van der Waals surface area contributed by atoms with Crippen LogP contribution in [0.15, 0.2) is 89.8 Å². The van der Waals surface area contributed by atoms with Crippen LogP contribution in [0.1, 0.15) is 28.4 Å². The van der Waals surface area contributed by atoms with Crippen LogP contribution in [0.2, 0.25) is 0 Å². The van der Waals surface area contributed by atoms with Crippen molar-refractivity contribution in [2.24, 2.45) is 0 Å². The summed E-state index contributed by atoms with van der Waals surface area (Å²) in [5.41, 5.74) is 1.45. The van der Waals surface area contributed by atoms with E-state index < -0.39 is 16.8 Å². The van der Waals surface area contributed by atoms with Crippen molar-refractivity contribution in [3.8, 4) is 11.5 Å². The summed E-state index contributed by atoms with van der Waals surface area (Å²) in [4.78, 5) is 50.4. The molecule has 4 aromatic carbocycles. The third-order valence-corrected chi connectivity index (χ3v) is 7.07. The van der Waals surface area contributed by atoms with Crippen molar-refractivity contribution in [1.82, 2.24) is 4.90 Å². The highest BCUT2D eigenvalue weighted by molar-refractivity contribution is 8.18. The summed E-state index contributed by atoms with van der Waals surface area (Å²) in [6.45, 7) is 2.21. The number of esters is 1. The van der Waals surface area contributed by atoms with Gasteiger partial charge in [-0.1, -0.05) is 48.5 Å². The smallest absolute Gasteiger partial charge is 0.343 e. The van der Waals surface area contributed by atoms with Crippen LogP contribution in [0.25, 0.3) is 16.8 Å². The first-order chi connectivity index (χ1) is 19.3. The molecule has 5 rings (SSSR count). The van der Waals surface area contributed by atoms with E-state index in [0.29, 0.717) is 5.56 Å². The van der Waals surface area contributed by atoms with E-state index in [9.17, 15) is 24.5 Å². The molecule has 1 saturated heterocycles. The summed E-state index contributed by atoms with van der Waals surface area (Å²) in [6.07, 6.45) is 1.60. The average Bonchev–Trinajstić information content (AvgIpc) is 3.22. The number of nitrogens with zero attached hydrogens (tertiary/aromatic N) is 2. The maximum absolute atomic E-state index is 13.2. The largest absolute Gasteiger partial charge is 0.490 e. The second-order valence-corrected chi connectivity index (χ2v) is 9.73. The van der Waals surface area contributed by atoms with Crippen molar-refractivity contribution in [3.63, 3.8) is 0 Å². The number of imide groups is 1. The number of amides is 2. The topological polar surface area (TPSA) is 116 Å². The minimum absolute atomic E-state index is 0.136. The van der Waals surface area contributed by atoms with Gasteiger partial charge in [0.15, 0.2) is 11.5 Å². The summed E-state index contributed by atoms with van der Waals surface area (Å²) in [6, 6.07) is 23.4. The molecule has 1 aliphatic heterocycles. The predicted molar refractivity (Wildman–Crippen MR) is 151 cm³/mol. The molecule has 40 heavy (non-hydrogen) atoms. The molecule has 0 N–H and O–H groups in total. The zero-order chi connectivity index (χ0) is 28.2. The Labute approximate surface area is 233 Å². The number of carbonyl (C=O) groups excluding carboxylic acids is 3. The lowest BCUT2D eigenvalue weighted by Crippen LogP contribution is -2.27. The standard InChI is InChI=1S/C30H22N2O7S/c1-2-38-26-16-19(10-15-25(26)39-29(34)21-11-13-23(14-12-21)32(36)37)17-27-28(33)31(30(35)40-27)18-22-8-5-7-20-6-3-4-9-24(20)22/h3-17H,2,18H2,1H3/b27-17-. The van der Waals surface area contributed by atoms with E-state index in [0.717, 1.165) is 28.1 Å². The Morgan fingerprint density at radius 1 is 0.975 bits per heavy atom. The Balaban J connectivity index is 1.35. The molecule has 1 fully saturated rings. The monoisotopic (exact) mass is 554 g/mol. The Morgan fingerprint density at radius 2 is 1.73 bits per heavy atom. The molecule has 0 aromatic heterocycles. The molecule has 0 unspecified atom stereocenters. The van der Waals surface area contributed by atoms with E-state index in [4.69, 9.17) is 9.47 Å². The zero-order valence-corrected chi connectivity index (χ0v) is 22.1. The number of rotatable bonds is 8. The molecule has 10 heteroatoms. The predicted octanol–water partition coefficient (Wildman–Crippen LogP) is 6.60. The highest BCUT2D eigenvalue weighted by atomic mass is 32.2. The van der Waals surface area contributed by atoms with Crippen LogP contribution in [0, 0.1) is 10.1 Å². The van der Waals surface area contributed by atoms with Gasteiger partial charge in [-0.15, -0.1) is 0 Å². The van der Waals surface area contributed by atoms with E-state index in [1.165, 1.54) is 35.2 Å². The molecule has 0 atom stereocenters. The van der Waals surface area contributed by atoms with Crippen LogP contribution in [-0.2, 0) is 11.3 Å². The second kappa shape index (κ2) is 11.4. The molecule has 0 radical (unpaired) electrons. The SMILES string of the molecule is CCOc1cc(/C=C2\SC(=O)N(Cc3cccc4ccccc34)C2=O)ccc1OC(=O)c1ccc([N+](=O)[O-])cc1. The summed E-state index contributed by atoms with van der Waals surface area (Å²) >= 11 is 0.860. The molecule has 9 nitrogen and oxygen atoms in total. The van der Waals surface area contributed by atoms with Gasteiger partial charge >= 0.3 is 5.97 Å². The van der Waals surface area contributed by atoms with Crippen molar-refractivity contribution in [3.05, 3.63) is 117 Å². The Morgan fingerprint density at radius 3 is 2.48 bits per heavy atom. The van der Waals surface area contributed by atoms with Crippen LogP contribution < -0.4 is 9.47 Å². The van der Waals surface area contributed by atoms with Gasteiger partial charge in [-0.05, 0) is 70.9 Å². The third-order valence-electron chi connectivity index (χ3n) is 6.16. The van der Waals surface area contributed by atoms with E-state index in [2.05, 4.69) is 0 Å². The van der Waals surface area contributed by atoms with Crippen LogP contribution in [0.5, 0.6) is 11.5 Å². The molecular weight excluding hydrogens is 532 g/mol. The maximum Gasteiger partial charge on any atom is 0.343 e. The maximum atomic E-state index is 13.2. The normalized spacial score (nSPS) is 14.1. The number of carbonyl (C=O) groups is 3. The average molecular weight is 555 g/mol. The highest BCUT2D eigenvalue weighted by Gasteiger charge is 2.35. The van der Waals surface area contributed by atoms with Crippen molar-refractivity contribution in [1.29, 1.82) is 0 Å². The van der Waals surface area contributed by atoms with Gasteiger partial charge in [0.2, 0.25) is 0 Å². The number of nitro benzene ring substituents is 1. The van der Waals surface area contributed by atoms with Crippen LogP contribution >= 0.6 is 11.8 Å². The molecular formula is C30H22N2O7S. The van der Waals surface area contributed by atoms with Gasteiger partial charge in [0, 0.05) is 12.1 Å². The van der Waals surface area contributed by atoms with Crippen molar-refractivity contribution < 1.29 is 28.8 Å². The molecule has 1 aliphatic rings. The number of hydrogen-bond donors (Lipinski definition) is 0. The van der Waals surface area contributed by atoms with E-state index in [-0.39, 0.29) is 46.0 Å². The molecule has 200 valence electrons. The summed E-state index contributed by atoms with van der Waals surface area (Å²) in [5.74, 6) is -0.694. The van der Waals surface area contributed by atoms with Gasteiger partial charge in [0.05, 0.1) is 28.5 Å². The van der Waals surface area contributed by atoms with Crippen molar-refractivity contribution in [2.45, 2.75) is 13.5 Å². The molecule has 4 aromatic rings. The lowest BCUT2D eigenvalue weighted by molar-refractivity contribution is -0.384. The number of fused-ring (bicyclic) bond motifs is 1. The van der Waals surface area contributed by atoms with E-state index in [1.807, 2.05) is 42.5 Å². The van der Waals surface area contributed by atoms with Gasteiger partial charge in [0.1, 0.15) is 0 Å². The first kappa shape index (κ1) is 26.6. The highest BCUT2D eigenvalue weighted by Crippen LogP contribution is 2.36. The van der Waals surface area contributed by atoms with E-state index >= 15 is 0 Å². The number of thioether (sulfide) groups is 1. The van der Waals surface area contributed by atoms with Crippen molar-refractivity contribution in [2.75, 3.05) is 6.61 Å². The molecule has 1 heterocycles. The zero-order valence-electron chi connectivity index (χ0n) is 21.2. The number of hydrogen-bond acceptors (Lipinski definition) is 8. The fourth-order valence-electron chi connectivity index (χ4n) is 4.23. The van der Waals surface area contributed by atoms with E-state index in [1.54, 1.807) is 25.1 Å². The lowest BCUT2D eigenvalue weighted by Gasteiger charge is -2.14. The first-order valence-electron chi connectivity index (χ1n) is 12.3. The Bertz CT molecular complexity index is 1680. The Kier molecular flexibility index (Phi) is 7.61. The molecule has 0 aliphatic carbocycles. The summed E-state index contributed by atoms with van der Waals surface area (Å²) in [5, 5.41) is 12.5.